The summed E-state index contributed by atoms with van der Waals surface area (Å²) in [5, 5.41) is 37.4. The maximum Gasteiger partial charge on any atom is 0.377 e. The topological polar surface area (TPSA) is 118 Å². The Hall–Kier alpha value is -0.740. The number of halogens is 6. The largest absolute Gasteiger partial charge is 0.388 e. The molecule has 0 radical (unpaired) electrons. The van der Waals surface area contributed by atoms with Gasteiger partial charge in [-0.3, -0.25) is 0 Å². The summed E-state index contributed by atoms with van der Waals surface area (Å²) in [6, 6.07) is 0. The predicted octanol–water partition coefficient (Wildman–Crippen LogP) is 0.442. The van der Waals surface area contributed by atoms with Crippen molar-refractivity contribution in [1.29, 1.82) is 0 Å². The van der Waals surface area contributed by atoms with Crippen LogP contribution in [0.15, 0.2) is 0 Å². The van der Waals surface area contributed by atoms with E-state index in [0.29, 0.717) is 0 Å². The van der Waals surface area contributed by atoms with Gasteiger partial charge in [-0.15, -0.1) is 0 Å². The van der Waals surface area contributed by atoms with Gasteiger partial charge in [-0.25, -0.2) is 0 Å². The molecule has 0 aliphatic heterocycles. The fraction of sp³-hybridized carbons (Fsp3) is 1.00. The molecule has 0 amide bonds. The van der Waals surface area contributed by atoms with Crippen LogP contribution in [0.5, 0.6) is 0 Å². The minimum Gasteiger partial charge on any atom is -0.388 e. The van der Waals surface area contributed by atoms with Crippen LogP contribution in [0.25, 0.3) is 0 Å². The normalized spacial score (nSPS) is 17.4. The van der Waals surface area contributed by atoms with Gasteiger partial charge in [0.15, 0.2) is 0 Å². The third-order valence-corrected chi connectivity index (χ3v) is 3.87. The second kappa shape index (κ2) is 13.7. The van der Waals surface area contributed by atoms with E-state index in [9.17, 15) is 46.8 Å². The molecule has 188 valence electrons. The molecule has 0 fully saturated rings. The lowest BCUT2D eigenvalue weighted by atomic mass is 9.96. The highest BCUT2D eigenvalue weighted by molar-refractivity contribution is 5.03. The Kier molecular flexibility index (Phi) is 13.4. The lowest BCUT2D eigenvalue weighted by molar-refractivity contribution is -0.356. The Balaban J connectivity index is 4.86. The first kappa shape index (κ1) is 30.3. The molecule has 0 rings (SSSR count). The fourth-order valence-corrected chi connectivity index (χ4v) is 2.09. The molecular formula is C17H30F6O8. The number of rotatable bonds is 18. The highest BCUT2D eigenvalue weighted by atomic mass is 19.3. The summed E-state index contributed by atoms with van der Waals surface area (Å²) in [7, 11) is 0. The molecule has 0 bridgehead atoms. The molecule has 0 saturated carbocycles. The van der Waals surface area contributed by atoms with Crippen LogP contribution in [0, 0.1) is 0 Å². The molecule has 8 nitrogen and oxygen atoms in total. The molecule has 0 spiro atoms. The summed E-state index contributed by atoms with van der Waals surface area (Å²) >= 11 is 0. The second-order valence-corrected chi connectivity index (χ2v) is 6.55. The van der Waals surface area contributed by atoms with Crippen LogP contribution in [0.2, 0.25) is 0 Å². The first-order chi connectivity index (χ1) is 14.3. The SMILES string of the molecule is CCOCC(O)COCC(O)C(F)(F)C(F)(F)C(F)(F)C(O)COCC(O)COCC. The lowest BCUT2D eigenvalue weighted by Crippen LogP contribution is -2.64. The summed E-state index contributed by atoms with van der Waals surface area (Å²) < 4.78 is 102. The standard InChI is InChI=1S/C17H30F6O8/c1-3-28-5-11(24)7-30-9-13(26)15(18,19)17(22,23)16(20,21)14(27)10-31-8-12(25)6-29-4-2/h11-14,24-27H,3-10H2,1-2H3. The quantitative estimate of drug-likeness (QED) is 0.211. The molecule has 0 aliphatic carbocycles. The Bertz CT molecular complexity index is 446. The van der Waals surface area contributed by atoms with E-state index in [1.165, 1.54) is 0 Å². The number of hydrogen-bond acceptors (Lipinski definition) is 8. The van der Waals surface area contributed by atoms with E-state index in [1.807, 2.05) is 0 Å². The van der Waals surface area contributed by atoms with Gasteiger partial charge in [0.05, 0.1) is 39.6 Å². The van der Waals surface area contributed by atoms with Crippen LogP contribution in [0.1, 0.15) is 13.8 Å². The van der Waals surface area contributed by atoms with E-state index in [0.717, 1.165) is 0 Å². The summed E-state index contributed by atoms with van der Waals surface area (Å²) in [6.07, 6.45) is -9.40. The minimum absolute atomic E-state index is 0.219. The molecule has 31 heavy (non-hydrogen) atoms. The number of alkyl halides is 6. The molecule has 0 aromatic carbocycles. The van der Waals surface area contributed by atoms with Crippen LogP contribution in [-0.2, 0) is 18.9 Å². The van der Waals surface area contributed by atoms with Crippen molar-refractivity contribution >= 4 is 0 Å². The maximum atomic E-state index is 13.9. The molecule has 14 heteroatoms. The number of hydrogen-bond donors (Lipinski definition) is 4. The van der Waals surface area contributed by atoms with Crippen LogP contribution < -0.4 is 0 Å². The van der Waals surface area contributed by atoms with Crippen molar-refractivity contribution in [1.82, 2.24) is 0 Å². The van der Waals surface area contributed by atoms with E-state index < -0.39 is 68.6 Å². The average Bonchev–Trinajstić information content (AvgIpc) is 2.69. The van der Waals surface area contributed by atoms with E-state index in [-0.39, 0.29) is 26.4 Å². The zero-order valence-corrected chi connectivity index (χ0v) is 17.2. The van der Waals surface area contributed by atoms with Crippen LogP contribution in [0.3, 0.4) is 0 Å². The molecule has 4 unspecified atom stereocenters. The first-order valence-corrected chi connectivity index (χ1v) is 9.42. The zero-order valence-electron chi connectivity index (χ0n) is 17.2. The maximum absolute atomic E-state index is 13.9. The molecule has 0 aromatic heterocycles. The number of aliphatic hydroxyl groups is 4. The number of aliphatic hydroxyl groups excluding tert-OH is 4. The smallest absolute Gasteiger partial charge is 0.377 e. The van der Waals surface area contributed by atoms with Gasteiger partial charge in [-0.1, -0.05) is 0 Å². The minimum atomic E-state index is -6.20. The predicted molar refractivity (Wildman–Crippen MR) is 93.5 cm³/mol. The Morgan fingerprint density at radius 3 is 1.13 bits per heavy atom. The van der Waals surface area contributed by atoms with Crippen molar-refractivity contribution in [2.45, 2.75) is 56.0 Å². The van der Waals surface area contributed by atoms with E-state index in [2.05, 4.69) is 9.47 Å². The van der Waals surface area contributed by atoms with Crippen molar-refractivity contribution in [2.75, 3.05) is 52.9 Å². The Labute approximate surface area is 175 Å². The third kappa shape index (κ3) is 8.96. The summed E-state index contributed by atoms with van der Waals surface area (Å²) in [6.45, 7) is -1.26. The Morgan fingerprint density at radius 2 is 0.839 bits per heavy atom. The third-order valence-electron chi connectivity index (χ3n) is 3.87. The van der Waals surface area contributed by atoms with E-state index in [4.69, 9.17) is 9.47 Å². The highest BCUT2D eigenvalue weighted by Crippen LogP contribution is 2.49. The molecule has 0 aromatic rings. The van der Waals surface area contributed by atoms with Crippen molar-refractivity contribution in [2.24, 2.45) is 0 Å². The second-order valence-electron chi connectivity index (χ2n) is 6.55. The van der Waals surface area contributed by atoms with E-state index in [1.54, 1.807) is 13.8 Å². The Morgan fingerprint density at radius 1 is 0.548 bits per heavy atom. The summed E-state index contributed by atoms with van der Waals surface area (Å²) in [5.74, 6) is -17.6. The average molecular weight is 476 g/mol. The lowest BCUT2D eigenvalue weighted by Gasteiger charge is -2.37. The van der Waals surface area contributed by atoms with Gasteiger partial charge in [0.2, 0.25) is 0 Å². The summed E-state index contributed by atoms with van der Waals surface area (Å²) in [4.78, 5) is 0. The van der Waals surface area contributed by atoms with Crippen molar-refractivity contribution < 1.29 is 65.7 Å². The van der Waals surface area contributed by atoms with Gasteiger partial charge < -0.3 is 39.4 Å². The van der Waals surface area contributed by atoms with Gasteiger partial charge in [0, 0.05) is 13.2 Å². The zero-order chi connectivity index (χ0) is 24.3. The van der Waals surface area contributed by atoms with E-state index >= 15 is 0 Å². The highest BCUT2D eigenvalue weighted by Gasteiger charge is 2.76. The fourth-order valence-electron chi connectivity index (χ4n) is 2.09. The molecule has 4 N–H and O–H groups in total. The van der Waals surface area contributed by atoms with Crippen molar-refractivity contribution in [3.8, 4) is 0 Å². The number of ether oxygens (including phenoxy) is 4. The van der Waals surface area contributed by atoms with Crippen LogP contribution in [0.4, 0.5) is 26.3 Å². The van der Waals surface area contributed by atoms with Gasteiger partial charge in [-0.2, -0.15) is 26.3 Å². The molecule has 4 atom stereocenters. The first-order valence-electron chi connectivity index (χ1n) is 9.42. The monoisotopic (exact) mass is 476 g/mol. The van der Waals surface area contributed by atoms with Crippen LogP contribution in [-0.4, -0.2) is 115 Å². The molecule has 0 heterocycles. The van der Waals surface area contributed by atoms with Gasteiger partial charge >= 0.3 is 17.8 Å². The molecule has 0 aliphatic rings. The van der Waals surface area contributed by atoms with Gasteiger partial charge in [0.25, 0.3) is 0 Å². The van der Waals surface area contributed by atoms with Gasteiger partial charge in [0.1, 0.15) is 24.4 Å². The summed E-state index contributed by atoms with van der Waals surface area (Å²) in [5.41, 5.74) is 0. The van der Waals surface area contributed by atoms with Crippen molar-refractivity contribution in [3.05, 3.63) is 0 Å². The molecule has 0 saturated heterocycles. The van der Waals surface area contributed by atoms with Crippen LogP contribution >= 0.6 is 0 Å². The van der Waals surface area contributed by atoms with Gasteiger partial charge in [-0.05, 0) is 13.8 Å². The molecular weight excluding hydrogens is 446 g/mol. The van der Waals surface area contributed by atoms with Crippen molar-refractivity contribution in [3.63, 3.8) is 0 Å².